The number of allylic oxidation sites excluding steroid dienone is 1. The van der Waals surface area contributed by atoms with Gasteiger partial charge >= 0.3 is 0 Å². The highest BCUT2D eigenvalue weighted by Gasteiger charge is 2.27. The zero-order valence-electron chi connectivity index (χ0n) is 6.79. The van der Waals surface area contributed by atoms with Crippen LogP contribution in [0.4, 0.5) is 0 Å². The standard InChI is InChI=1S/C8H12OS2/c1-10-8(11-2)5-7(9)6-3-4-6/h5-6H,3-4H2,1-2H3. The van der Waals surface area contributed by atoms with E-state index >= 15 is 0 Å². The second-order valence-electron chi connectivity index (χ2n) is 2.55. The van der Waals surface area contributed by atoms with Crippen LogP contribution in [-0.4, -0.2) is 18.3 Å². The van der Waals surface area contributed by atoms with Crippen LogP contribution in [0.2, 0.25) is 0 Å². The topological polar surface area (TPSA) is 17.1 Å². The molecular weight excluding hydrogens is 176 g/mol. The van der Waals surface area contributed by atoms with Gasteiger partial charge < -0.3 is 0 Å². The van der Waals surface area contributed by atoms with Gasteiger partial charge in [-0.05, 0) is 25.4 Å². The molecule has 0 atom stereocenters. The Balaban J connectivity index is 2.45. The second-order valence-corrected chi connectivity index (χ2v) is 4.50. The Morgan fingerprint density at radius 2 is 1.91 bits per heavy atom. The smallest absolute Gasteiger partial charge is 0.160 e. The van der Waals surface area contributed by atoms with Gasteiger partial charge in [0.05, 0.1) is 0 Å². The van der Waals surface area contributed by atoms with Crippen LogP contribution in [-0.2, 0) is 4.79 Å². The fourth-order valence-electron chi connectivity index (χ4n) is 0.803. The molecule has 1 rings (SSSR count). The van der Waals surface area contributed by atoms with E-state index < -0.39 is 0 Å². The van der Waals surface area contributed by atoms with Gasteiger partial charge in [0.15, 0.2) is 5.78 Å². The second kappa shape index (κ2) is 4.21. The number of rotatable bonds is 4. The lowest BCUT2D eigenvalue weighted by Gasteiger charge is -1.96. The van der Waals surface area contributed by atoms with Crippen LogP contribution in [0.15, 0.2) is 10.3 Å². The third kappa shape index (κ3) is 2.91. The zero-order chi connectivity index (χ0) is 8.27. The van der Waals surface area contributed by atoms with Gasteiger partial charge in [-0.3, -0.25) is 4.79 Å². The minimum absolute atomic E-state index is 0.323. The number of ketones is 1. The first kappa shape index (κ1) is 9.20. The summed E-state index contributed by atoms with van der Waals surface area (Å²) >= 11 is 3.29. The molecule has 0 radical (unpaired) electrons. The van der Waals surface area contributed by atoms with Crippen molar-refractivity contribution in [2.24, 2.45) is 5.92 Å². The van der Waals surface area contributed by atoms with Crippen molar-refractivity contribution >= 4 is 29.3 Å². The van der Waals surface area contributed by atoms with E-state index in [1.165, 1.54) is 0 Å². The molecule has 0 heterocycles. The molecule has 0 aliphatic heterocycles. The van der Waals surface area contributed by atoms with Crippen LogP contribution in [0.25, 0.3) is 0 Å². The van der Waals surface area contributed by atoms with Crippen LogP contribution < -0.4 is 0 Å². The monoisotopic (exact) mass is 188 g/mol. The molecule has 1 saturated carbocycles. The Morgan fingerprint density at radius 1 is 1.36 bits per heavy atom. The van der Waals surface area contributed by atoms with E-state index in [2.05, 4.69) is 0 Å². The van der Waals surface area contributed by atoms with E-state index in [1.807, 2.05) is 12.5 Å². The molecule has 0 amide bonds. The predicted octanol–water partition coefficient (Wildman–Crippen LogP) is 2.53. The molecule has 1 nitrogen and oxygen atoms in total. The summed E-state index contributed by atoms with van der Waals surface area (Å²) in [6.45, 7) is 0. The summed E-state index contributed by atoms with van der Waals surface area (Å²) in [5.41, 5.74) is 0. The van der Waals surface area contributed by atoms with Crippen molar-refractivity contribution in [3.8, 4) is 0 Å². The lowest BCUT2D eigenvalue weighted by atomic mass is 10.3. The number of carbonyl (C=O) groups excluding carboxylic acids is 1. The summed E-state index contributed by atoms with van der Waals surface area (Å²) < 4.78 is 1.13. The maximum Gasteiger partial charge on any atom is 0.160 e. The molecule has 0 aromatic heterocycles. The van der Waals surface area contributed by atoms with E-state index in [0.29, 0.717) is 11.7 Å². The van der Waals surface area contributed by atoms with Crippen LogP contribution in [0.3, 0.4) is 0 Å². The Morgan fingerprint density at radius 3 is 2.27 bits per heavy atom. The van der Waals surface area contributed by atoms with Crippen molar-refractivity contribution in [1.82, 2.24) is 0 Å². The third-order valence-corrected chi connectivity index (χ3v) is 3.68. The SMILES string of the molecule is CSC(=CC(=O)C1CC1)SC. The van der Waals surface area contributed by atoms with Crippen LogP contribution in [0.5, 0.6) is 0 Å². The van der Waals surface area contributed by atoms with Gasteiger partial charge in [-0.1, -0.05) is 0 Å². The van der Waals surface area contributed by atoms with Crippen molar-refractivity contribution in [1.29, 1.82) is 0 Å². The molecule has 0 aromatic carbocycles. The predicted molar refractivity (Wildman–Crippen MR) is 52.8 cm³/mol. The third-order valence-electron chi connectivity index (χ3n) is 1.64. The first-order valence-electron chi connectivity index (χ1n) is 3.61. The van der Waals surface area contributed by atoms with E-state index in [0.717, 1.165) is 17.1 Å². The van der Waals surface area contributed by atoms with Crippen molar-refractivity contribution in [2.45, 2.75) is 12.8 Å². The molecule has 0 aromatic rings. The first-order chi connectivity index (χ1) is 5.27. The van der Waals surface area contributed by atoms with E-state index in [4.69, 9.17) is 0 Å². The summed E-state index contributed by atoms with van der Waals surface area (Å²) in [6, 6.07) is 0. The van der Waals surface area contributed by atoms with Gasteiger partial charge in [0.2, 0.25) is 0 Å². The summed E-state index contributed by atoms with van der Waals surface area (Å²) in [7, 11) is 0. The average molecular weight is 188 g/mol. The Bertz CT molecular complexity index is 177. The molecule has 1 fully saturated rings. The summed E-state index contributed by atoms with van der Waals surface area (Å²) in [6.07, 6.45) is 7.99. The number of hydrogen-bond donors (Lipinski definition) is 0. The van der Waals surface area contributed by atoms with Crippen LogP contribution in [0.1, 0.15) is 12.8 Å². The minimum atomic E-state index is 0.323. The summed E-state index contributed by atoms with van der Waals surface area (Å²) in [5, 5.41) is 0. The van der Waals surface area contributed by atoms with Crippen molar-refractivity contribution in [3.63, 3.8) is 0 Å². The minimum Gasteiger partial charge on any atom is -0.294 e. The lowest BCUT2D eigenvalue weighted by molar-refractivity contribution is -0.115. The van der Waals surface area contributed by atoms with Gasteiger partial charge in [-0.25, -0.2) is 0 Å². The van der Waals surface area contributed by atoms with Gasteiger partial charge in [-0.2, -0.15) is 0 Å². The molecular formula is C8H12OS2. The van der Waals surface area contributed by atoms with Crippen molar-refractivity contribution in [3.05, 3.63) is 10.3 Å². The Hall–Kier alpha value is 0.110. The molecule has 1 aliphatic carbocycles. The quantitative estimate of drug-likeness (QED) is 0.631. The molecule has 0 N–H and O–H groups in total. The van der Waals surface area contributed by atoms with E-state index in [9.17, 15) is 4.79 Å². The molecule has 0 spiro atoms. The molecule has 1 aliphatic rings. The van der Waals surface area contributed by atoms with Gasteiger partial charge in [0.25, 0.3) is 0 Å². The van der Waals surface area contributed by atoms with Crippen molar-refractivity contribution < 1.29 is 4.79 Å². The molecule has 0 unspecified atom stereocenters. The highest BCUT2D eigenvalue weighted by molar-refractivity contribution is 8.21. The van der Waals surface area contributed by atoms with Crippen molar-refractivity contribution in [2.75, 3.05) is 12.5 Å². The Labute approximate surface area is 76.0 Å². The fourth-order valence-corrected chi connectivity index (χ4v) is 1.94. The van der Waals surface area contributed by atoms with E-state index in [-0.39, 0.29) is 0 Å². The molecule has 3 heteroatoms. The summed E-state index contributed by atoms with van der Waals surface area (Å²) in [5.74, 6) is 0.688. The number of hydrogen-bond acceptors (Lipinski definition) is 3. The maximum atomic E-state index is 11.2. The average Bonchev–Trinajstić information content (AvgIpc) is 2.81. The first-order valence-corrected chi connectivity index (χ1v) is 6.06. The van der Waals surface area contributed by atoms with Gasteiger partial charge in [0, 0.05) is 16.2 Å². The largest absolute Gasteiger partial charge is 0.294 e. The number of carbonyl (C=O) groups is 1. The molecule has 0 saturated heterocycles. The van der Waals surface area contributed by atoms with Crippen LogP contribution in [0, 0.1) is 5.92 Å². The zero-order valence-corrected chi connectivity index (χ0v) is 8.43. The molecule has 62 valence electrons. The lowest BCUT2D eigenvalue weighted by Crippen LogP contribution is -1.94. The van der Waals surface area contributed by atoms with Crippen LogP contribution >= 0.6 is 23.5 Å². The van der Waals surface area contributed by atoms with Gasteiger partial charge in [0.1, 0.15) is 0 Å². The Kier molecular flexibility index (Phi) is 3.52. The summed E-state index contributed by atoms with van der Waals surface area (Å²) in [4.78, 5) is 11.2. The highest BCUT2D eigenvalue weighted by atomic mass is 32.2. The highest BCUT2D eigenvalue weighted by Crippen LogP contribution is 2.32. The molecule has 11 heavy (non-hydrogen) atoms. The van der Waals surface area contributed by atoms with E-state index in [1.54, 1.807) is 29.6 Å². The fraction of sp³-hybridized carbons (Fsp3) is 0.625. The normalized spacial score (nSPS) is 16.2. The van der Waals surface area contributed by atoms with Gasteiger partial charge in [-0.15, -0.1) is 23.5 Å². The molecule has 0 bridgehead atoms. The number of thioether (sulfide) groups is 2. The maximum absolute atomic E-state index is 11.2.